The molecular weight excluding hydrogens is 384 g/mol. The molecular formula is C28H18O3. The molecule has 6 aromatic rings. The predicted molar refractivity (Wildman–Crippen MR) is 125 cm³/mol. The van der Waals surface area contributed by atoms with E-state index >= 15 is 0 Å². The Bertz CT molecular complexity index is 1640. The zero-order valence-corrected chi connectivity index (χ0v) is 16.9. The summed E-state index contributed by atoms with van der Waals surface area (Å²) in [6.07, 6.45) is 1.79. The van der Waals surface area contributed by atoms with Crippen LogP contribution in [0.4, 0.5) is 0 Å². The van der Waals surface area contributed by atoms with Crippen LogP contribution < -0.4 is 5.63 Å². The molecule has 148 valence electrons. The minimum Gasteiger partial charge on any atom is -0.463 e. The standard InChI is InChI=1S/C28H18O3/c1-17-26-24(15-23-21-9-5-6-10-22(21)28(29)31-27(17)23)25(16-30-26)20-13-11-19(12-14-20)18-7-3-2-4-8-18/h2-16H,1H3. The van der Waals surface area contributed by atoms with Gasteiger partial charge >= 0.3 is 5.63 Å². The summed E-state index contributed by atoms with van der Waals surface area (Å²) >= 11 is 0. The fourth-order valence-electron chi connectivity index (χ4n) is 4.39. The van der Waals surface area contributed by atoms with Gasteiger partial charge in [-0.15, -0.1) is 0 Å². The summed E-state index contributed by atoms with van der Waals surface area (Å²) in [5.41, 5.74) is 6.30. The lowest BCUT2D eigenvalue weighted by Gasteiger charge is -2.07. The lowest BCUT2D eigenvalue weighted by Crippen LogP contribution is -2.00. The van der Waals surface area contributed by atoms with Gasteiger partial charge in [-0.25, -0.2) is 4.79 Å². The quantitative estimate of drug-likeness (QED) is 0.225. The van der Waals surface area contributed by atoms with Crippen molar-refractivity contribution in [1.29, 1.82) is 0 Å². The highest BCUT2D eigenvalue weighted by molar-refractivity contribution is 6.12. The average Bonchev–Trinajstić information content (AvgIpc) is 3.25. The zero-order chi connectivity index (χ0) is 20.9. The van der Waals surface area contributed by atoms with Crippen LogP contribution in [0, 0.1) is 6.92 Å². The highest BCUT2D eigenvalue weighted by Crippen LogP contribution is 2.38. The third kappa shape index (κ3) is 2.71. The Hall–Kier alpha value is -4.11. The van der Waals surface area contributed by atoms with E-state index in [2.05, 4.69) is 42.5 Å². The van der Waals surface area contributed by atoms with Crippen molar-refractivity contribution < 1.29 is 8.83 Å². The molecule has 3 nitrogen and oxygen atoms in total. The van der Waals surface area contributed by atoms with E-state index in [0.29, 0.717) is 11.0 Å². The Morgan fingerprint density at radius 1 is 0.613 bits per heavy atom. The molecule has 0 aliphatic carbocycles. The first-order chi connectivity index (χ1) is 15.2. The minimum absolute atomic E-state index is 0.325. The summed E-state index contributed by atoms with van der Waals surface area (Å²) in [6, 6.07) is 28.5. The molecule has 0 fully saturated rings. The van der Waals surface area contributed by atoms with Crippen molar-refractivity contribution in [2.24, 2.45) is 0 Å². The first-order valence-electron chi connectivity index (χ1n) is 10.2. The van der Waals surface area contributed by atoms with E-state index in [4.69, 9.17) is 8.83 Å². The number of fused-ring (bicyclic) bond motifs is 4. The highest BCUT2D eigenvalue weighted by atomic mass is 16.4. The largest absolute Gasteiger partial charge is 0.463 e. The number of rotatable bonds is 2. The van der Waals surface area contributed by atoms with Gasteiger partial charge in [0.25, 0.3) is 0 Å². The van der Waals surface area contributed by atoms with Crippen molar-refractivity contribution in [2.75, 3.05) is 0 Å². The SMILES string of the molecule is Cc1c2occ(-c3ccc(-c4ccccc4)cc3)c2cc2c1oc(=O)c1ccccc12. The summed E-state index contributed by atoms with van der Waals surface area (Å²) in [5.74, 6) is 0. The van der Waals surface area contributed by atoms with Gasteiger partial charge in [0.05, 0.1) is 11.6 Å². The second kappa shape index (κ2) is 6.71. The minimum atomic E-state index is -0.325. The summed E-state index contributed by atoms with van der Waals surface area (Å²) < 4.78 is 11.6. The molecule has 6 rings (SSSR count). The molecule has 31 heavy (non-hydrogen) atoms. The second-order valence-electron chi connectivity index (χ2n) is 7.78. The number of hydrogen-bond acceptors (Lipinski definition) is 3. The fourth-order valence-corrected chi connectivity index (χ4v) is 4.39. The van der Waals surface area contributed by atoms with Gasteiger partial charge in [0, 0.05) is 21.9 Å². The smallest absolute Gasteiger partial charge is 0.344 e. The van der Waals surface area contributed by atoms with Crippen molar-refractivity contribution in [1.82, 2.24) is 0 Å². The maximum Gasteiger partial charge on any atom is 0.344 e. The van der Waals surface area contributed by atoms with Crippen LogP contribution in [0.5, 0.6) is 0 Å². The first kappa shape index (κ1) is 17.7. The average molecular weight is 402 g/mol. The molecule has 0 amide bonds. The van der Waals surface area contributed by atoms with Crippen LogP contribution in [0.15, 0.2) is 105 Å². The molecule has 0 N–H and O–H groups in total. The van der Waals surface area contributed by atoms with Crippen LogP contribution in [-0.2, 0) is 0 Å². The summed E-state index contributed by atoms with van der Waals surface area (Å²) in [4.78, 5) is 12.5. The van der Waals surface area contributed by atoms with E-state index in [1.165, 1.54) is 11.1 Å². The molecule has 3 heteroatoms. The number of furan rings is 1. The lowest BCUT2D eigenvalue weighted by molar-refractivity contribution is 0.564. The van der Waals surface area contributed by atoms with Crippen molar-refractivity contribution in [3.63, 3.8) is 0 Å². The Labute approximate surface area is 178 Å². The first-order valence-corrected chi connectivity index (χ1v) is 10.2. The molecule has 0 unspecified atom stereocenters. The van der Waals surface area contributed by atoms with Crippen LogP contribution in [0.25, 0.3) is 55.0 Å². The van der Waals surface area contributed by atoms with Gasteiger partial charge in [-0.1, -0.05) is 72.8 Å². The summed E-state index contributed by atoms with van der Waals surface area (Å²) in [7, 11) is 0. The topological polar surface area (TPSA) is 43.4 Å². The zero-order valence-electron chi connectivity index (χ0n) is 16.9. The van der Waals surface area contributed by atoms with E-state index in [1.807, 2.05) is 43.3 Å². The fraction of sp³-hybridized carbons (Fsp3) is 0.0357. The summed E-state index contributed by atoms with van der Waals surface area (Å²) in [5, 5.41) is 3.41. The maximum absolute atomic E-state index is 12.5. The van der Waals surface area contributed by atoms with Crippen LogP contribution in [-0.4, -0.2) is 0 Å². The van der Waals surface area contributed by atoms with Crippen molar-refractivity contribution in [2.45, 2.75) is 6.92 Å². The van der Waals surface area contributed by atoms with Crippen molar-refractivity contribution in [3.05, 3.63) is 107 Å². The Morgan fingerprint density at radius 3 is 2.03 bits per heavy atom. The number of hydrogen-bond donors (Lipinski definition) is 0. The molecule has 0 spiro atoms. The molecule has 0 saturated heterocycles. The number of benzene rings is 4. The normalized spacial score (nSPS) is 11.5. The molecule has 0 aliphatic heterocycles. The van der Waals surface area contributed by atoms with Crippen molar-refractivity contribution in [3.8, 4) is 22.3 Å². The third-order valence-corrected chi connectivity index (χ3v) is 5.98. The van der Waals surface area contributed by atoms with Gasteiger partial charge in [-0.05, 0) is 41.1 Å². The van der Waals surface area contributed by atoms with Crippen LogP contribution >= 0.6 is 0 Å². The van der Waals surface area contributed by atoms with Gasteiger partial charge < -0.3 is 8.83 Å². The monoisotopic (exact) mass is 402 g/mol. The van der Waals surface area contributed by atoms with Gasteiger partial charge in [0.15, 0.2) is 0 Å². The lowest BCUT2D eigenvalue weighted by atomic mass is 9.97. The van der Waals surface area contributed by atoms with E-state index in [1.54, 1.807) is 12.3 Å². The van der Waals surface area contributed by atoms with E-state index in [-0.39, 0.29) is 5.63 Å². The van der Waals surface area contributed by atoms with Gasteiger partial charge in [0.1, 0.15) is 11.2 Å². The second-order valence-corrected chi connectivity index (χ2v) is 7.78. The van der Waals surface area contributed by atoms with Gasteiger partial charge in [-0.2, -0.15) is 0 Å². The van der Waals surface area contributed by atoms with Gasteiger partial charge in [-0.3, -0.25) is 0 Å². The van der Waals surface area contributed by atoms with Crippen molar-refractivity contribution >= 4 is 32.7 Å². The van der Waals surface area contributed by atoms with Gasteiger partial charge in [0.2, 0.25) is 0 Å². The highest BCUT2D eigenvalue weighted by Gasteiger charge is 2.17. The van der Waals surface area contributed by atoms with Crippen LogP contribution in [0.3, 0.4) is 0 Å². The van der Waals surface area contributed by atoms with E-state index in [0.717, 1.165) is 38.4 Å². The molecule has 2 heterocycles. The molecule has 2 aromatic heterocycles. The molecule has 0 aliphatic rings. The number of aryl methyl sites for hydroxylation is 1. The molecule has 4 aromatic carbocycles. The van der Waals surface area contributed by atoms with E-state index in [9.17, 15) is 4.79 Å². The molecule has 0 bridgehead atoms. The maximum atomic E-state index is 12.5. The summed E-state index contributed by atoms with van der Waals surface area (Å²) in [6.45, 7) is 1.94. The Morgan fingerprint density at radius 2 is 1.26 bits per heavy atom. The van der Waals surface area contributed by atoms with Crippen LogP contribution in [0.2, 0.25) is 0 Å². The van der Waals surface area contributed by atoms with E-state index < -0.39 is 0 Å². The van der Waals surface area contributed by atoms with Crippen LogP contribution in [0.1, 0.15) is 5.56 Å². The molecule has 0 radical (unpaired) electrons. The Kier molecular flexibility index (Phi) is 3.84. The molecule has 0 atom stereocenters. The Balaban J connectivity index is 1.58. The molecule has 0 saturated carbocycles. The predicted octanol–water partition coefficient (Wildman–Crippen LogP) is 7.33. The third-order valence-electron chi connectivity index (χ3n) is 5.98.